The van der Waals surface area contributed by atoms with Gasteiger partial charge >= 0.3 is 0 Å². The Bertz CT molecular complexity index is 675. The summed E-state index contributed by atoms with van der Waals surface area (Å²) in [7, 11) is 0. The first-order valence-corrected chi connectivity index (χ1v) is 6.18. The van der Waals surface area contributed by atoms with E-state index in [1.165, 1.54) is 19.1 Å². The van der Waals surface area contributed by atoms with E-state index in [1.807, 2.05) is 13.0 Å². The van der Waals surface area contributed by atoms with Crippen molar-refractivity contribution in [2.75, 3.05) is 0 Å². The number of hydrogen-bond acceptors (Lipinski definition) is 3. The summed E-state index contributed by atoms with van der Waals surface area (Å²) in [4.78, 5) is 0. The van der Waals surface area contributed by atoms with Gasteiger partial charge in [0.25, 0.3) is 0 Å². The van der Waals surface area contributed by atoms with E-state index in [0.717, 1.165) is 5.56 Å². The number of nitrogens with zero attached hydrogens (tertiary/aromatic N) is 1. The van der Waals surface area contributed by atoms with Gasteiger partial charge in [0.15, 0.2) is 0 Å². The number of rotatable bonds is 3. The lowest BCUT2D eigenvalue weighted by atomic mass is 10.1. The summed E-state index contributed by atoms with van der Waals surface area (Å²) < 4.78 is 19.4. The van der Waals surface area contributed by atoms with Crippen molar-refractivity contribution in [1.82, 2.24) is 0 Å². The van der Waals surface area contributed by atoms with Crippen LogP contribution in [0, 0.1) is 24.1 Å². The molecule has 0 aliphatic carbocycles. The SMILES string of the molecule is Cc1ccc(C#N)cc1Oc1cccc(F)c1C(C)O. The molecular formula is C16H14FNO2. The molecule has 1 N–H and O–H groups in total. The Morgan fingerprint density at radius 1 is 1.25 bits per heavy atom. The van der Waals surface area contributed by atoms with Crippen molar-refractivity contribution >= 4 is 0 Å². The second-order valence-electron chi connectivity index (χ2n) is 4.52. The maximum absolute atomic E-state index is 13.8. The van der Waals surface area contributed by atoms with Gasteiger partial charge in [0, 0.05) is 0 Å². The average molecular weight is 271 g/mol. The first-order valence-electron chi connectivity index (χ1n) is 6.18. The first-order chi connectivity index (χ1) is 9.52. The molecule has 102 valence electrons. The molecule has 20 heavy (non-hydrogen) atoms. The number of ether oxygens (including phenoxy) is 1. The average Bonchev–Trinajstić information content (AvgIpc) is 2.41. The van der Waals surface area contributed by atoms with Crippen molar-refractivity contribution < 1.29 is 14.2 Å². The largest absolute Gasteiger partial charge is 0.457 e. The molecule has 1 unspecified atom stereocenters. The van der Waals surface area contributed by atoms with Gasteiger partial charge in [-0.3, -0.25) is 0 Å². The molecule has 0 saturated heterocycles. The third kappa shape index (κ3) is 2.79. The number of aliphatic hydroxyl groups is 1. The molecule has 0 aliphatic heterocycles. The molecule has 0 aromatic heterocycles. The van der Waals surface area contributed by atoms with Gasteiger partial charge in [-0.25, -0.2) is 4.39 Å². The van der Waals surface area contributed by atoms with Gasteiger partial charge in [0.05, 0.1) is 23.3 Å². The zero-order valence-corrected chi connectivity index (χ0v) is 11.2. The smallest absolute Gasteiger partial charge is 0.136 e. The van der Waals surface area contributed by atoms with Crippen molar-refractivity contribution in [2.24, 2.45) is 0 Å². The second kappa shape index (κ2) is 5.72. The molecule has 2 aromatic rings. The lowest BCUT2D eigenvalue weighted by molar-refractivity contribution is 0.190. The highest BCUT2D eigenvalue weighted by Gasteiger charge is 2.16. The summed E-state index contributed by atoms with van der Waals surface area (Å²) >= 11 is 0. The van der Waals surface area contributed by atoms with Crippen LogP contribution in [-0.4, -0.2) is 5.11 Å². The third-order valence-corrected chi connectivity index (χ3v) is 2.97. The lowest BCUT2D eigenvalue weighted by Crippen LogP contribution is -2.00. The van der Waals surface area contributed by atoms with Crippen molar-refractivity contribution in [3.8, 4) is 17.6 Å². The Labute approximate surface area is 116 Å². The van der Waals surface area contributed by atoms with Crippen LogP contribution in [0.5, 0.6) is 11.5 Å². The van der Waals surface area contributed by atoms with Gasteiger partial charge in [-0.05, 0) is 43.7 Å². The summed E-state index contributed by atoms with van der Waals surface area (Å²) in [5.41, 5.74) is 1.39. The van der Waals surface area contributed by atoms with Gasteiger partial charge in [-0.15, -0.1) is 0 Å². The normalized spacial score (nSPS) is 11.8. The topological polar surface area (TPSA) is 53.2 Å². The van der Waals surface area contributed by atoms with Crippen LogP contribution in [0.3, 0.4) is 0 Å². The van der Waals surface area contributed by atoms with E-state index in [4.69, 9.17) is 10.00 Å². The number of benzene rings is 2. The Hall–Kier alpha value is -2.38. The number of hydrogen-bond donors (Lipinski definition) is 1. The predicted molar refractivity (Wildman–Crippen MR) is 73.0 cm³/mol. The minimum atomic E-state index is -0.981. The van der Waals surface area contributed by atoms with Gasteiger partial charge in [0.1, 0.15) is 17.3 Å². The Kier molecular flexibility index (Phi) is 4.02. The molecular weight excluding hydrogens is 257 g/mol. The monoisotopic (exact) mass is 271 g/mol. The molecule has 4 heteroatoms. The maximum atomic E-state index is 13.8. The molecule has 2 rings (SSSR count). The fraction of sp³-hybridized carbons (Fsp3) is 0.188. The molecule has 3 nitrogen and oxygen atoms in total. The quantitative estimate of drug-likeness (QED) is 0.922. The fourth-order valence-corrected chi connectivity index (χ4v) is 1.91. The van der Waals surface area contributed by atoms with Crippen molar-refractivity contribution in [1.29, 1.82) is 5.26 Å². The summed E-state index contributed by atoms with van der Waals surface area (Å²) in [6, 6.07) is 11.4. The van der Waals surface area contributed by atoms with Gasteiger partial charge in [0.2, 0.25) is 0 Å². The lowest BCUT2D eigenvalue weighted by Gasteiger charge is -2.15. The zero-order chi connectivity index (χ0) is 14.7. The van der Waals surface area contributed by atoms with Crippen LogP contribution < -0.4 is 4.74 Å². The molecule has 0 saturated carbocycles. The van der Waals surface area contributed by atoms with E-state index in [0.29, 0.717) is 11.3 Å². The summed E-state index contributed by atoms with van der Waals surface area (Å²) in [5.74, 6) is 0.196. The molecule has 0 heterocycles. The maximum Gasteiger partial charge on any atom is 0.136 e. The number of aryl methyl sites for hydroxylation is 1. The molecule has 2 aromatic carbocycles. The Morgan fingerprint density at radius 3 is 2.65 bits per heavy atom. The highest BCUT2D eigenvalue weighted by atomic mass is 19.1. The minimum Gasteiger partial charge on any atom is -0.457 e. The van der Waals surface area contributed by atoms with Crippen LogP contribution in [0.1, 0.15) is 29.7 Å². The predicted octanol–water partition coefficient (Wildman–Crippen LogP) is 3.85. The van der Waals surface area contributed by atoms with Crippen molar-refractivity contribution in [3.63, 3.8) is 0 Å². The van der Waals surface area contributed by atoms with E-state index >= 15 is 0 Å². The van der Waals surface area contributed by atoms with Crippen molar-refractivity contribution in [3.05, 3.63) is 58.9 Å². The second-order valence-corrected chi connectivity index (χ2v) is 4.52. The van der Waals surface area contributed by atoms with Gasteiger partial charge < -0.3 is 9.84 Å². The van der Waals surface area contributed by atoms with Crippen LogP contribution in [-0.2, 0) is 0 Å². The highest BCUT2D eigenvalue weighted by molar-refractivity contribution is 5.46. The van der Waals surface area contributed by atoms with Crippen LogP contribution in [0.25, 0.3) is 0 Å². The summed E-state index contributed by atoms with van der Waals surface area (Å²) in [6.07, 6.45) is -0.981. The van der Waals surface area contributed by atoms with Crippen LogP contribution in [0.2, 0.25) is 0 Å². The molecule has 0 bridgehead atoms. The Morgan fingerprint density at radius 2 is 2.00 bits per heavy atom. The van der Waals surface area contributed by atoms with Crippen LogP contribution in [0.4, 0.5) is 4.39 Å². The Balaban J connectivity index is 2.45. The standard InChI is InChI=1S/C16H14FNO2/c1-10-6-7-12(9-18)8-15(10)20-14-5-3-4-13(17)16(14)11(2)19/h3-8,11,19H,1-2H3. The molecule has 0 amide bonds. The van der Waals surface area contributed by atoms with E-state index < -0.39 is 11.9 Å². The molecule has 0 spiro atoms. The van der Waals surface area contributed by atoms with E-state index in [9.17, 15) is 9.50 Å². The molecule has 0 aliphatic rings. The summed E-state index contributed by atoms with van der Waals surface area (Å²) in [5, 5.41) is 18.6. The van der Waals surface area contributed by atoms with Crippen LogP contribution in [0.15, 0.2) is 36.4 Å². The van der Waals surface area contributed by atoms with Gasteiger partial charge in [-0.2, -0.15) is 5.26 Å². The molecule has 0 radical (unpaired) electrons. The minimum absolute atomic E-state index is 0.106. The van der Waals surface area contributed by atoms with Crippen molar-refractivity contribution in [2.45, 2.75) is 20.0 Å². The molecule has 1 atom stereocenters. The first kappa shape index (κ1) is 14.0. The zero-order valence-electron chi connectivity index (χ0n) is 11.2. The van der Waals surface area contributed by atoms with E-state index in [1.54, 1.807) is 24.3 Å². The number of nitriles is 1. The van der Waals surface area contributed by atoms with Crippen LogP contribution >= 0.6 is 0 Å². The highest BCUT2D eigenvalue weighted by Crippen LogP contribution is 2.33. The van der Waals surface area contributed by atoms with Gasteiger partial charge in [-0.1, -0.05) is 12.1 Å². The van der Waals surface area contributed by atoms with E-state index in [2.05, 4.69) is 0 Å². The summed E-state index contributed by atoms with van der Waals surface area (Å²) in [6.45, 7) is 3.31. The fourth-order valence-electron chi connectivity index (χ4n) is 1.91. The third-order valence-electron chi connectivity index (χ3n) is 2.97. The molecule has 0 fully saturated rings. The number of halogens is 1. The van der Waals surface area contributed by atoms with E-state index in [-0.39, 0.29) is 11.3 Å². The number of aliphatic hydroxyl groups excluding tert-OH is 1.